The maximum absolute atomic E-state index is 13.7. The predicted molar refractivity (Wildman–Crippen MR) is 113 cm³/mol. The van der Waals surface area contributed by atoms with Gasteiger partial charge < -0.3 is 9.64 Å². The number of hydrogen-bond donors (Lipinski definition) is 0. The van der Waals surface area contributed by atoms with E-state index in [4.69, 9.17) is 11.2 Å². The van der Waals surface area contributed by atoms with Crippen molar-refractivity contribution in [3.63, 3.8) is 0 Å². The number of benzene rings is 1. The van der Waals surface area contributed by atoms with Gasteiger partial charge in [-0.3, -0.25) is 4.79 Å². The van der Waals surface area contributed by atoms with Crippen molar-refractivity contribution in [1.29, 1.82) is 0 Å². The summed E-state index contributed by atoms with van der Waals surface area (Å²) in [4.78, 5) is 14.9. The smallest absolute Gasteiger partial charge is 0.244 e. The predicted octanol–water partition coefficient (Wildman–Crippen LogP) is 2.86. The number of halogens is 2. The van der Waals surface area contributed by atoms with Crippen LogP contribution in [0.15, 0.2) is 32.0 Å². The summed E-state index contributed by atoms with van der Waals surface area (Å²) in [5.74, 6) is 2.16. The average Bonchev–Trinajstić information content (AvgIpc) is 2.70. The normalized spacial score (nSPS) is 26.0. The molecule has 2 bridgehead atoms. The number of nitrogens with zero attached hydrogens (tertiary/aromatic N) is 2. The molecule has 1 amide bonds. The van der Waals surface area contributed by atoms with Crippen LogP contribution in [0, 0.1) is 18.3 Å². The zero-order valence-corrected chi connectivity index (χ0v) is 19.5. The molecule has 0 aromatic heterocycles. The number of fused-ring (bicyclic) bond motifs is 2. The van der Waals surface area contributed by atoms with E-state index in [0.29, 0.717) is 34.9 Å². The Bertz CT molecular complexity index is 879. The molecule has 0 aliphatic carbocycles. The molecular weight excluding hydrogens is 512 g/mol. The number of ether oxygens (including phenoxy) is 1. The molecule has 0 unspecified atom stereocenters. The summed E-state index contributed by atoms with van der Waals surface area (Å²) in [6.45, 7) is 0.921. The Morgan fingerprint density at radius 3 is 2.54 bits per heavy atom. The fourth-order valence-electron chi connectivity index (χ4n) is 4.16. The van der Waals surface area contributed by atoms with Crippen molar-refractivity contribution in [3.05, 3.63) is 27.1 Å². The fraction of sp³-hybridized carbons (Fsp3) is 0.526. The number of terminal acetylenes is 1. The third-order valence-electron chi connectivity index (χ3n) is 5.28. The molecule has 0 spiro atoms. The second-order valence-electron chi connectivity index (χ2n) is 7.09. The molecule has 3 atom stereocenters. The number of hydrogen-bond acceptors (Lipinski definition) is 4. The Balaban J connectivity index is 2.11. The van der Waals surface area contributed by atoms with Gasteiger partial charge in [0.1, 0.15) is 6.04 Å². The topological polar surface area (TPSA) is 66.9 Å². The van der Waals surface area contributed by atoms with E-state index in [9.17, 15) is 13.2 Å². The number of carbonyl (C=O) groups excluding carboxylic acids is 1. The SMILES string of the molecule is C#CCN1C[C@H](COC)[C@H]2CCC[C@@H](C1=O)N2S(=O)(=O)c1cc(Br)cc(Br)c1. The highest BCUT2D eigenvalue weighted by atomic mass is 79.9. The Hall–Kier alpha value is -0.920. The van der Waals surface area contributed by atoms with Gasteiger partial charge in [-0.1, -0.05) is 37.8 Å². The first-order chi connectivity index (χ1) is 13.3. The van der Waals surface area contributed by atoms with Crippen LogP contribution in [0.3, 0.4) is 0 Å². The van der Waals surface area contributed by atoms with Gasteiger partial charge in [-0.25, -0.2) is 8.42 Å². The van der Waals surface area contributed by atoms with Gasteiger partial charge in [-0.15, -0.1) is 6.42 Å². The Morgan fingerprint density at radius 2 is 1.93 bits per heavy atom. The van der Waals surface area contributed by atoms with Crippen molar-refractivity contribution >= 4 is 47.8 Å². The van der Waals surface area contributed by atoms with Crippen LogP contribution in [0.4, 0.5) is 0 Å². The standard InChI is InChI=1S/C19H22Br2N2O4S/c1-3-7-22-11-13(12-27-2)17-5-4-6-18(19(22)24)23(17)28(25,26)16-9-14(20)8-15(21)10-16/h1,8-10,13,17-18H,4-7,11-12H2,2H3/t13-,17-,18+/m1/s1. The van der Waals surface area contributed by atoms with E-state index in [1.807, 2.05) is 0 Å². The lowest BCUT2D eigenvalue weighted by molar-refractivity contribution is -0.134. The van der Waals surface area contributed by atoms with Gasteiger partial charge in [0.15, 0.2) is 0 Å². The highest BCUT2D eigenvalue weighted by Gasteiger charge is 2.50. The van der Waals surface area contributed by atoms with Gasteiger partial charge in [0.25, 0.3) is 0 Å². The lowest BCUT2D eigenvalue weighted by Gasteiger charge is -2.40. The Labute approximate surface area is 182 Å². The average molecular weight is 534 g/mol. The van der Waals surface area contributed by atoms with Crippen LogP contribution in [0.1, 0.15) is 19.3 Å². The molecular formula is C19H22Br2N2O4S. The summed E-state index contributed by atoms with van der Waals surface area (Å²) in [7, 11) is -2.31. The first kappa shape index (κ1) is 21.8. The fourth-order valence-corrected chi connectivity index (χ4v) is 7.72. The summed E-state index contributed by atoms with van der Waals surface area (Å²) < 4.78 is 35.4. The lowest BCUT2D eigenvalue weighted by atomic mass is 9.91. The van der Waals surface area contributed by atoms with Crippen molar-refractivity contribution in [2.45, 2.75) is 36.2 Å². The van der Waals surface area contributed by atoms with Crippen LogP contribution in [0.25, 0.3) is 0 Å². The highest BCUT2D eigenvalue weighted by molar-refractivity contribution is 9.11. The van der Waals surface area contributed by atoms with Crippen molar-refractivity contribution in [3.8, 4) is 12.3 Å². The molecule has 9 heteroatoms. The number of amides is 1. The minimum atomic E-state index is -3.89. The van der Waals surface area contributed by atoms with Crippen molar-refractivity contribution < 1.29 is 17.9 Å². The van der Waals surface area contributed by atoms with Crippen LogP contribution >= 0.6 is 31.9 Å². The number of rotatable bonds is 5. The second-order valence-corrected chi connectivity index (χ2v) is 10.8. The molecule has 152 valence electrons. The molecule has 3 rings (SSSR count). The molecule has 0 N–H and O–H groups in total. The summed E-state index contributed by atoms with van der Waals surface area (Å²) in [5.41, 5.74) is 0. The zero-order chi connectivity index (χ0) is 20.5. The number of methoxy groups -OCH3 is 1. The van der Waals surface area contributed by atoms with Crippen molar-refractivity contribution in [2.75, 3.05) is 26.8 Å². The van der Waals surface area contributed by atoms with Crippen molar-refractivity contribution in [2.24, 2.45) is 5.92 Å². The lowest BCUT2D eigenvalue weighted by Crippen LogP contribution is -2.55. The van der Waals surface area contributed by atoms with Gasteiger partial charge in [0.05, 0.1) is 18.0 Å². The first-order valence-corrected chi connectivity index (χ1v) is 12.0. The molecule has 2 aliphatic heterocycles. The minimum Gasteiger partial charge on any atom is -0.384 e. The molecule has 0 saturated carbocycles. The van der Waals surface area contributed by atoms with Crippen LogP contribution in [0.5, 0.6) is 0 Å². The van der Waals surface area contributed by atoms with Crippen LogP contribution in [-0.4, -0.2) is 62.4 Å². The quantitative estimate of drug-likeness (QED) is 0.546. The monoisotopic (exact) mass is 532 g/mol. The summed E-state index contributed by atoms with van der Waals surface area (Å²) in [5, 5.41) is 0. The van der Waals surface area contributed by atoms with Gasteiger partial charge >= 0.3 is 0 Å². The van der Waals surface area contributed by atoms with Gasteiger partial charge in [-0.2, -0.15) is 4.31 Å². The Morgan fingerprint density at radius 1 is 1.25 bits per heavy atom. The van der Waals surface area contributed by atoms with E-state index in [0.717, 1.165) is 6.42 Å². The van der Waals surface area contributed by atoms with Crippen LogP contribution in [0.2, 0.25) is 0 Å². The first-order valence-electron chi connectivity index (χ1n) is 9.00. The van der Waals surface area contributed by atoms with E-state index in [1.54, 1.807) is 30.2 Å². The molecule has 28 heavy (non-hydrogen) atoms. The molecule has 2 heterocycles. The van der Waals surface area contributed by atoms with Crippen LogP contribution in [-0.2, 0) is 19.6 Å². The third-order valence-corrected chi connectivity index (χ3v) is 8.11. The summed E-state index contributed by atoms with van der Waals surface area (Å²) in [6, 6.07) is 3.85. The van der Waals surface area contributed by atoms with Gasteiger partial charge in [0.2, 0.25) is 15.9 Å². The maximum atomic E-state index is 13.7. The molecule has 2 fully saturated rings. The van der Waals surface area contributed by atoms with E-state index >= 15 is 0 Å². The number of piperidine rings is 1. The van der Waals surface area contributed by atoms with E-state index < -0.39 is 16.1 Å². The number of sulfonamides is 1. The van der Waals surface area contributed by atoms with E-state index in [2.05, 4.69) is 37.8 Å². The summed E-state index contributed by atoms with van der Waals surface area (Å²) >= 11 is 6.71. The molecule has 1 aromatic rings. The number of carbonyl (C=O) groups is 1. The third kappa shape index (κ3) is 4.17. The second kappa shape index (κ2) is 8.84. The molecule has 2 aliphatic rings. The summed E-state index contributed by atoms with van der Waals surface area (Å²) in [6.07, 6.45) is 7.43. The molecule has 0 radical (unpaired) electrons. The highest BCUT2D eigenvalue weighted by Crippen LogP contribution is 2.38. The Kier molecular flexibility index (Phi) is 6.88. The molecule has 1 aromatic carbocycles. The van der Waals surface area contributed by atoms with E-state index in [-0.39, 0.29) is 29.3 Å². The molecule has 6 nitrogen and oxygen atoms in total. The minimum absolute atomic E-state index is 0.141. The zero-order valence-electron chi connectivity index (χ0n) is 15.5. The van der Waals surface area contributed by atoms with E-state index in [1.165, 1.54) is 4.31 Å². The van der Waals surface area contributed by atoms with Gasteiger partial charge in [-0.05, 0) is 37.5 Å². The van der Waals surface area contributed by atoms with Crippen molar-refractivity contribution in [1.82, 2.24) is 9.21 Å². The largest absolute Gasteiger partial charge is 0.384 e. The van der Waals surface area contributed by atoms with Crippen LogP contribution < -0.4 is 0 Å². The van der Waals surface area contributed by atoms with Gasteiger partial charge in [0, 0.05) is 34.6 Å². The maximum Gasteiger partial charge on any atom is 0.244 e. The molecule has 2 saturated heterocycles.